The third-order valence-corrected chi connectivity index (χ3v) is 2.70. The lowest BCUT2D eigenvalue weighted by molar-refractivity contribution is -0.126. The molecule has 0 radical (unpaired) electrons. The molecule has 102 valence electrons. The summed E-state index contributed by atoms with van der Waals surface area (Å²) in [5, 5.41) is 2.53. The predicted molar refractivity (Wildman–Crippen MR) is 63.0 cm³/mol. The Hall–Kier alpha value is -1.10. The third-order valence-electron chi connectivity index (χ3n) is 2.70. The van der Waals surface area contributed by atoms with Gasteiger partial charge in [0.1, 0.15) is 0 Å². The van der Waals surface area contributed by atoms with Crippen LogP contribution in [0.1, 0.15) is 25.5 Å². The van der Waals surface area contributed by atoms with Crippen molar-refractivity contribution < 1.29 is 17.6 Å². The lowest BCUT2D eigenvalue weighted by Crippen LogP contribution is -2.41. The number of hydrogen-bond acceptors (Lipinski definition) is 1. The van der Waals surface area contributed by atoms with E-state index >= 15 is 0 Å². The van der Waals surface area contributed by atoms with Gasteiger partial charge in [0.15, 0.2) is 0 Å². The van der Waals surface area contributed by atoms with Gasteiger partial charge in [-0.25, -0.2) is 8.78 Å². The average molecular weight is 263 g/mol. The minimum Gasteiger partial charge on any atom is -0.304 e. The molecule has 0 aromatic heterocycles. The molecule has 1 unspecified atom stereocenters. The molecule has 0 saturated heterocycles. The number of benzene rings is 1. The minimum atomic E-state index is -4.00. The van der Waals surface area contributed by atoms with E-state index in [1.54, 1.807) is 24.3 Å². The van der Waals surface area contributed by atoms with E-state index < -0.39 is 18.9 Å². The number of nitrogens with one attached hydrogen (secondary N) is 1. The molecule has 0 aliphatic heterocycles. The summed E-state index contributed by atoms with van der Waals surface area (Å²) >= 11 is 0. The summed E-state index contributed by atoms with van der Waals surface area (Å²) < 4.78 is 49.9. The molecule has 1 rings (SSSR count). The Labute approximate surface area is 104 Å². The van der Waals surface area contributed by atoms with Crippen LogP contribution in [0.25, 0.3) is 0 Å². The Balaban J connectivity index is 2.72. The maximum absolute atomic E-state index is 12.9. The quantitative estimate of drug-likeness (QED) is 0.768. The van der Waals surface area contributed by atoms with Crippen molar-refractivity contribution in [3.8, 4) is 0 Å². The van der Waals surface area contributed by atoms with Crippen LogP contribution in [0.2, 0.25) is 0 Å². The molecule has 0 aliphatic carbocycles. The summed E-state index contributed by atoms with van der Waals surface area (Å²) in [4.78, 5) is 0. The first-order valence-corrected chi connectivity index (χ1v) is 5.79. The topological polar surface area (TPSA) is 12.0 Å². The predicted octanol–water partition coefficient (Wildman–Crippen LogP) is 3.87. The van der Waals surface area contributed by atoms with Gasteiger partial charge in [-0.3, -0.25) is 0 Å². The van der Waals surface area contributed by atoms with Gasteiger partial charge >= 0.3 is 12.3 Å². The zero-order valence-electron chi connectivity index (χ0n) is 10.3. The van der Waals surface area contributed by atoms with Crippen LogP contribution in [0.15, 0.2) is 30.3 Å². The SMILES string of the molecule is CC(C)C(NCC(F)(F)C(F)F)c1ccccc1. The molecule has 0 bridgehead atoms. The first-order valence-electron chi connectivity index (χ1n) is 5.79. The van der Waals surface area contributed by atoms with Gasteiger partial charge in [0.25, 0.3) is 0 Å². The van der Waals surface area contributed by atoms with Crippen molar-refractivity contribution in [1.82, 2.24) is 5.32 Å². The first kappa shape index (κ1) is 15.0. The zero-order chi connectivity index (χ0) is 13.8. The van der Waals surface area contributed by atoms with Crippen molar-refractivity contribution in [2.24, 2.45) is 5.92 Å². The Morgan fingerprint density at radius 2 is 1.67 bits per heavy atom. The molecule has 0 amide bonds. The van der Waals surface area contributed by atoms with E-state index in [0.717, 1.165) is 5.56 Å². The second-order valence-electron chi connectivity index (χ2n) is 4.58. The van der Waals surface area contributed by atoms with Gasteiger partial charge in [-0.15, -0.1) is 0 Å². The molecule has 5 heteroatoms. The highest BCUT2D eigenvalue weighted by atomic mass is 19.3. The van der Waals surface area contributed by atoms with Crippen LogP contribution < -0.4 is 5.32 Å². The van der Waals surface area contributed by atoms with E-state index in [9.17, 15) is 17.6 Å². The highest BCUT2D eigenvalue weighted by molar-refractivity contribution is 5.19. The maximum Gasteiger partial charge on any atom is 0.319 e. The summed E-state index contributed by atoms with van der Waals surface area (Å²) in [7, 11) is 0. The number of alkyl halides is 4. The Kier molecular flexibility index (Phi) is 5.14. The second kappa shape index (κ2) is 6.18. The van der Waals surface area contributed by atoms with Gasteiger partial charge in [0, 0.05) is 6.04 Å². The molecule has 1 atom stereocenters. The molecular formula is C13H17F4N. The lowest BCUT2D eigenvalue weighted by atomic mass is 9.96. The van der Waals surface area contributed by atoms with Crippen molar-refractivity contribution >= 4 is 0 Å². The highest BCUT2D eigenvalue weighted by Crippen LogP contribution is 2.26. The van der Waals surface area contributed by atoms with E-state index in [2.05, 4.69) is 5.32 Å². The fraction of sp³-hybridized carbons (Fsp3) is 0.538. The molecule has 1 aromatic carbocycles. The van der Waals surface area contributed by atoms with E-state index in [-0.39, 0.29) is 12.0 Å². The van der Waals surface area contributed by atoms with Crippen LogP contribution in [-0.2, 0) is 0 Å². The van der Waals surface area contributed by atoms with Gasteiger partial charge in [-0.05, 0) is 11.5 Å². The van der Waals surface area contributed by atoms with Crippen molar-refractivity contribution in [2.45, 2.75) is 32.2 Å². The van der Waals surface area contributed by atoms with Crippen LogP contribution >= 0.6 is 0 Å². The van der Waals surface area contributed by atoms with E-state index in [1.165, 1.54) is 0 Å². The van der Waals surface area contributed by atoms with Gasteiger partial charge in [-0.1, -0.05) is 44.2 Å². The lowest BCUT2D eigenvalue weighted by Gasteiger charge is -2.25. The summed E-state index contributed by atoms with van der Waals surface area (Å²) in [5.41, 5.74) is 0.817. The second-order valence-corrected chi connectivity index (χ2v) is 4.58. The van der Waals surface area contributed by atoms with Gasteiger partial charge in [-0.2, -0.15) is 8.78 Å². The number of hydrogen-bond donors (Lipinski definition) is 1. The Morgan fingerprint density at radius 1 is 1.11 bits per heavy atom. The molecule has 1 aromatic rings. The fourth-order valence-electron chi connectivity index (χ4n) is 1.72. The molecule has 18 heavy (non-hydrogen) atoms. The third kappa shape index (κ3) is 3.98. The van der Waals surface area contributed by atoms with E-state index in [0.29, 0.717) is 0 Å². The largest absolute Gasteiger partial charge is 0.319 e. The van der Waals surface area contributed by atoms with Gasteiger partial charge in [0.2, 0.25) is 0 Å². The average Bonchev–Trinajstić information content (AvgIpc) is 2.29. The molecule has 0 fully saturated rings. The monoisotopic (exact) mass is 263 g/mol. The minimum absolute atomic E-state index is 0.0286. The van der Waals surface area contributed by atoms with Crippen molar-refractivity contribution in [2.75, 3.05) is 6.54 Å². The van der Waals surface area contributed by atoms with Crippen molar-refractivity contribution in [3.05, 3.63) is 35.9 Å². The molecule has 1 N–H and O–H groups in total. The smallest absolute Gasteiger partial charge is 0.304 e. The van der Waals surface area contributed by atoms with Crippen LogP contribution in [-0.4, -0.2) is 18.9 Å². The van der Waals surface area contributed by atoms with Crippen LogP contribution in [0.4, 0.5) is 17.6 Å². The van der Waals surface area contributed by atoms with Crippen LogP contribution in [0.5, 0.6) is 0 Å². The standard InChI is InChI=1S/C13H17F4N/c1-9(2)11(10-6-4-3-5-7-10)18-8-13(16,17)12(14)15/h3-7,9,11-12,18H,8H2,1-2H3. The summed E-state index contributed by atoms with van der Waals surface area (Å²) in [5.74, 6) is -3.97. The van der Waals surface area contributed by atoms with E-state index in [1.807, 2.05) is 19.9 Å². The molecular weight excluding hydrogens is 246 g/mol. The Morgan fingerprint density at radius 3 is 2.11 bits per heavy atom. The molecule has 0 saturated carbocycles. The summed E-state index contributed by atoms with van der Waals surface area (Å²) in [6, 6.07) is 8.61. The summed E-state index contributed by atoms with van der Waals surface area (Å²) in [6.07, 6.45) is -3.64. The zero-order valence-corrected chi connectivity index (χ0v) is 10.3. The van der Waals surface area contributed by atoms with Crippen molar-refractivity contribution in [3.63, 3.8) is 0 Å². The number of rotatable bonds is 6. The van der Waals surface area contributed by atoms with Gasteiger partial charge in [0.05, 0.1) is 6.54 Å². The van der Waals surface area contributed by atoms with Gasteiger partial charge < -0.3 is 5.32 Å². The molecule has 0 heterocycles. The Bertz CT molecular complexity index is 351. The molecule has 0 aliphatic rings. The number of halogens is 4. The van der Waals surface area contributed by atoms with Crippen LogP contribution in [0, 0.1) is 5.92 Å². The van der Waals surface area contributed by atoms with E-state index in [4.69, 9.17) is 0 Å². The molecule has 0 spiro atoms. The maximum atomic E-state index is 12.9. The molecule has 1 nitrogen and oxygen atoms in total. The van der Waals surface area contributed by atoms with Crippen molar-refractivity contribution in [1.29, 1.82) is 0 Å². The summed E-state index contributed by atoms with van der Waals surface area (Å²) in [6.45, 7) is 2.68. The highest BCUT2D eigenvalue weighted by Gasteiger charge is 2.40. The fourth-order valence-corrected chi connectivity index (χ4v) is 1.72. The normalized spacial score (nSPS) is 14.2. The first-order chi connectivity index (χ1) is 8.34. The van der Waals surface area contributed by atoms with Crippen LogP contribution in [0.3, 0.4) is 0 Å².